The maximum Gasteiger partial charge on any atom is 0.326 e. The van der Waals surface area contributed by atoms with E-state index in [-0.39, 0.29) is 18.9 Å². The smallest absolute Gasteiger partial charge is 0.326 e. The van der Waals surface area contributed by atoms with Gasteiger partial charge in [-0.25, -0.2) is 9.78 Å². The van der Waals surface area contributed by atoms with Gasteiger partial charge in [0.25, 0.3) is 5.91 Å². The van der Waals surface area contributed by atoms with Gasteiger partial charge in [-0.3, -0.25) is 4.79 Å². The van der Waals surface area contributed by atoms with Crippen LogP contribution in [0.15, 0.2) is 6.33 Å². The third-order valence-corrected chi connectivity index (χ3v) is 3.67. The molecule has 3 heterocycles. The van der Waals surface area contributed by atoms with Crippen molar-refractivity contribution in [3.8, 4) is 0 Å². The Morgan fingerprint density at radius 1 is 1.50 bits per heavy atom. The van der Waals surface area contributed by atoms with Gasteiger partial charge in [-0.1, -0.05) is 0 Å². The van der Waals surface area contributed by atoms with Gasteiger partial charge >= 0.3 is 5.97 Å². The lowest BCUT2D eigenvalue weighted by molar-refractivity contribution is -0.158. The predicted octanol–water partition coefficient (Wildman–Crippen LogP) is -1.26. The number of carboxylic acid groups (broad SMARTS) is 1. The van der Waals surface area contributed by atoms with E-state index in [9.17, 15) is 14.7 Å². The fourth-order valence-corrected chi connectivity index (χ4v) is 2.60. The molecule has 0 bridgehead atoms. The molecule has 2 unspecified atom stereocenters. The molecule has 108 valence electrons. The Balaban J connectivity index is 1.82. The first kappa shape index (κ1) is 13.1. The highest BCUT2D eigenvalue weighted by Gasteiger charge is 2.39. The highest BCUT2D eigenvalue weighted by atomic mass is 16.5. The number of imidazole rings is 1. The summed E-state index contributed by atoms with van der Waals surface area (Å²) in [5.74, 6) is -1.30. The van der Waals surface area contributed by atoms with Crippen LogP contribution < -0.4 is 5.32 Å². The van der Waals surface area contributed by atoms with Gasteiger partial charge in [0, 0.05) is 19.5 Å². The summed E-state index contributed by atoms with van der Waals surface area (Å²) in [6.07, 6.45) is 1.13. The van der Waals surface area contributed by atoms with Gasteiger partial charge in [0.2, 0.25) is 0 Å². The molecule has 0 saturated carbocycles. The zero-order valence-corrected chi connectivity index (χ0v) is 10.8. The summed E-state index contributed by atoms with van der Waals surface area (Å²) in [5, 5.41) is 12.4. The van der Waals surface area contributed by atoms with Crippen LogP contribution in [0, 0.1) is 0 Å². The number of aliphatic carboxylic acids is 1. The summed E-state index contributed by atoms with van der Waals surface area (Å²) in [7, 11) is 0. The van der Waals surface area contributed by atoms with Crippen LogP contribution in [0.1, 0.15) is 11.4 Å². The van der Waals surface area contributed by atoms with E-state index >= 15 is 0 Å². The molecule has 20 heavy (non-hydrogen) atoms. The number of nitrogens with one attached hydrogen (secondary N) is 2. The van der Waals surface area contributed by atoms with Crippen LogP contribution in [0.25, 0.3) is 0 Å². The zero-order chi connectivity index (χ0) is 14.1. The molecule has 8 heteroatoms. The van der Waals surface area contributed by atoms with E-state index in [0.717, 1.165) is 5.69 Å². The quantitative estimate of drug-likeness (QED) is 0.624. The topological polar surface area (TPSA) is 108 Å². The molecular weight excluding hydrogens is 264 g/mol. The van der Waals surface area contributed by atoms with E-state index in [1.807, 2.05) is 0 Å². The largest absolute Gasteiger partial charge is 0.480 e. The molecule has 2 aliphatic rings. The number of nitrogens with zero attached hydrogens (tertiary/aromatic N) is 2. The maximum absolute atomic E-state index is 12.5. The van der Waals surface area contributed by atoms with Gasteiger partial charge in [-0.2, -0.15) is 0 Å². The summed E-state index contributed by atoms with van der Waals surface area (Å²) >= 11 is 0. The van der Waals surface area contributed by atoms with E-state index < -0.39 is 18.1 Å². The number of aromatic nitrogens is 2. The average molecular weight is 280 g/mol. The Hall–Kier alpha value is -1.93. The molecule has 2 atom stereocenters. The molecule has 1 saturated heterocycles. The second kappa shape index (κ2) is 5.22. The van der Waals surface area contributed by atoms with Gasteiger partial charge in [0.15, 0.2) is 0 Å². The Labute approximate surface area is 115 Å². The summed E-state index contributed by atoms with van der Waals surface area (Å²) in [6, 6.07) is -0.885. The molecular formula is C12H16N4O4. The van der Waals surface area contributed by atoms with Crippen molar-refractivity contribution in [2.45, 2.75) is 25.1 Å². The summed E-state index contributed by atoms with van der Waals surface area (Å²) in [6.45, 7) is 1.80. The number of H-pyrrole nitrogens is 1. The lowest BCUT2D eigenvalue weighted by Gasteiger charge is -2.35. The van der Waals surface area contributed by atoms with Crippen LogP contribution in [-0.2, 0) is 27.3 Å². The lowest BCUT2D eigenvalue weighted by Crippen LogP contribution is -2.55. The van der Waals surface area contributed by atoms with E-state index in [0.29, 0.717) is 25.4 Å². The van der Waals surface area contributed by atoms with Crippen molar-refractivity contribution in [1.29, 1.82) is 0 Å². The van der Waals surface area contributed by atoms with Crippen molar-refractivity contribution in [3.63, 3.8) is 0 Å². The van der Waals surface area contributed by atoms with E-state index in [1.54, 1.807) is 0 Å². The highest BCUT2D eigenvalue weighted by Crippen LogP contribution is 2.22. The van der Waals surface area contributed by atoms with E-state index in [2.05, 4.69) is 15.3 Å². The normalized spacial score (nSPS) is 26.1. The number of rotatable bonds is 2. The molecule has 0 radical (unpaired) electrons. The van der Waals surface area contributed by atoms with Gasteiger partial charge in [-0.15, -0.1) is 0 Å². The Morgan fingerprint density at radius 3 is 3.05 bits per heavy atom. The summed E-state index contributed by atoms with van der Waals surface area (Å²) in [4.78, 5) is 32.3. The zero-order valence-electron chi connectivity index (χ0n) is 10.8. The fraction of sp³-hybridized carbons (Fsp3) is 0.583. The Kier molecular flexibility index (Phi) is 3.41. The number of morpholine rings is 1. The minimum Gasteiger partial charge on any atom is -0.480 e. The number of carbonyl (C=O) groups is 2. The molecule has 0 aliphatic carbocycles. The Morgan fingerprint density at radius 2 is 2.35 bits per heavy atom. The maximum atomic E-state index is 12.5. The van der Waals surface area contributed by atoms with Crippen LogP contribution >= 0.6 is 0 Å². The molecule has 0 aromatic carbocycles. The van der Waals surface area contributed by atoms with Crippen molar-refractivity contribution in [2.75, 3.05) is 19.7 Å². The van der Waals surface area contributed by atoms with Crippen LogP contribution in [-0.4, -0.2) is 63.7 Å². The first-order chi connectivity index (χ1) is 9.66. The van der Waals surface area contributed by atoms with Crippen LogP contribution in [0.3, 0.4) is 0 Å². The van der Waals surface area contributed by atoms with Gasteiger partial charge in [0.05, 0.1) is 30.9 Å². The average Bonchev–Trinajstić information content (AvgIpc) is 2.93. The molecule has 3 N–H and O–H groups in total. The molecule has 0 spiro atoms. The first-order valence-corrected chi connectivity index (χ1v) is 6.53. The molecule has 8 nitrogen and oxygen atoms in total. The predicted molar refractivity (Wildman–Crippen MR) is 66.9 cm³/mol. The van der Waals surface area contributed by atoms with Crippen molar-refractivity contribution in [1.82, 2.24) is 20.2 Å². The second-order valence-electron chi connectivity index (χ2n) is 4.92. The number of hydrogen-bond donors (Lipinski definition) is 3. The molecule has 1 aromatic rings. The minimum absolute atomic E-state index is 0.222. The lowest BCUT2D eigenvalue weighted by atomic mass is 10.0. The van der Waals surface area contributed by atoms with Gasteiger partial charge in [-0.05, 0) is 0 Å². The number of fused-ring (bicyclic) bond motifs is 1. The van der Waals surface area contributed by atoms with Gasteiger partial charge < -0.3 is 25.0 Å². The molecule has 1 aromatic heterocycles. The Bertz CT molecular complexity index is 523. The van der Waals surface area contributed by atoms with Crippen molar-refractivity contribution < 1.29 is 19.4 Å². The first-order valence-electron chi connectivity index (χ1n) is 6.53. The SMILES string of the molecule is O=C(O)C1Cc2nc[nH]c2CN1C(=O)C1CNCCO1. The monoisotopic (exact) mass is 280 g/mol. The number of carboxylic acids is 1. The number of aromatic amines is 1. The molecule has 2 aliphatic heterocycles. The summed E-state index contributed by atoms with van der Waals surface area (Å²) < 4.78 is 5.42. The number of hydrogen-bond acceptors (Lipinski definition) is 5. The second-order valence-corrected chi connectivity index (χ2v) is 4.92. The van der Waals surface area contributed by atoms with Gasteiger partial charge in [0.1, 0.15) is 12.1 Å². The highest BCUT2D eigenvalue weighted by molar-refractivity contribution is 5.87. The molecule has 1 fully saturated rings. The van der Waals surface area contributed by atoms with Crippen molar-refractivity contribution >= 4 is 11.9 Å². The van der Waals surface area contributed by atoms with E-state index in [4.69, 9.17) is 4.74 Å². The summed E-state index contributed by atoms with van der Waals surface area (Å²) in [5.41, 5.74) is 1.50. The fourth-order valence-electron chi connectivity index (χ4n) is 2.60. The van der Waals surface area contributed by atoms with Crippen molar-refractivity contribution in [3.05, 3.63) is 17.7 Å². The number of ether oxygens (including phenoxy) is 1. The minimum atomic E-state index is -1.02. The van der Waals surface area contributed by atoms with Crippen molar-refractivity contribution in [2.24, 2.45) is 0 Å². The molecule has 1 amide bonds. The van der Waals surface area contributed by atoms with Crippen LogP contribution in [0.4, 0.5) is 0 Å². The van der Waals surface area contributed by atoms with Crippen LogP contribution in [0.5, 0.6) is 0 Å². The van der Waals surface area contributed by atoms with Crippen LogP contribution in [0.2, 0.25) is 0 Å². The molecule has 3 rings (SSSR count). The standard InChI is InChI=1S/C12H16N4O4/c17-11(10-4-13-1-2-20-10)16-5-8-7(14-6-15-8)3-9(16)12(18)19/h6,9-10,13H,1-5H2,(H,14,15)(H,18,19). The third-order valence-electron chi connectivity index (χ3n) is 3.67. The number of carbonyl (C=O) groups excluding carboxylic acids is 1. The number of amides is 1. The van der Waals surface area contributed by atoms with E-state index in [1.165, 1.54) is 11.2 Å². The third kappa shape index (κ3) is 2.27.